The van der Waals surface area contributed by atoms with Gasteiger partial charge in [0, 0.05) is 39.1 Å². The van der Waals surface area contributed by atoms with Crippen LogP contribution in [0.15, 0.2) is 24.5 Å². The van der Waals surface area contributed by atoms with E-state index in [-0.39, 0.29) is 12.0 Å². The number of likely N-dealkylation sites (N-methyl/N-ethyl adjacent to an activating group) is 1. The lowest BCUT2D eigenvalue weighted by molar-refractivity contribution is -0.138. The first-order valence-electron chi connectivity index (χ1n) is 5.74. The predicted molar refractivity (Wildman–Crippen MR) is 63.3 cm³/mol. The Kier molecular flexibility index (Phi) is 4.06. The van der Waals surface area contributed by atoms with Crippen molar-refractivity contribution in [2.75, 3.05) is 26.7 Å². The normalized spacial score (nSPS) is 21.1. The molecule has 2 heterocycles. The van der Waals surface area contributed by atoms with E-state index in [4.69, 9.17) is 4.74 Å². The summed E-state index contributed by atoms with van der Waals surface area (Å²) in [4.78, 5) is 17.7. The number of nitrogens with one attached hydrogen (secondary N) is 1. The van der Waals surface area contributed by atoms with E-state index in [0.29, 0.717) is 13.2 Å². The van der Waals surface area contributed by atoms with Crippen LogP contribution in [-0.2, 0) is 16.1 Å². The molecule has 0 spiro atoms. The highest BCUT2D eigenvalue weighted by molar-refractivity contribution is 5.80. The summed E-state index contributed by atoms with van der Waals surface area (Å²) >= 11 is 0. The van der Waals surface area contributed by atoms with E-state index in [9.17, 15) is 4.79 Å². The van der Waals surface area contributed by atoms with E-state index in [1.54, 1.807) is 19.4 Å². The molecule has 1 aliphatic rings. The van der Waals surface area contributed by atoms with E-state index in [1.165, 1.54) is 5.56 Å². The van der Waals surface area contributed by atoms with Crippen molar-refractivity contribution in [2.45, 2.75) is 12.6 Å². The second-order valence-corrected chi connectivity index (χ2v) is 4.06. The van der Waals surface area contributed by atoms with Crippen LogP contribution in [0.5, 0.6) is 0 Å². The van der Waals surface area contributed by atoms with Crippen molar-refractivity contribution in [3.8, 4) is 0 Å². The molecular formula is C12H17N3O2. The molecule has 1 N–H and O–H groups in total. The highest BCUT2D eigenvalue weighted by Gasteiger charge is 2.25. The van der Waals surface area contributed by atoms with Crippen LogP contribution in [0.4, 0.5) is 0 Å². The number of hydrogen-bond acceptors (Lipinski definition) is 4. The van der Waals surface area contributed by atoms with Crippen LogP contribution in [0.2, 0.25) is 0 Å². The minimum absolute atomic E-state index is 0.0515. The molecule has 17 heavy (non-hydrogen) atoms. The third-order valence-corrected chi connectivity index (χ3v) is 2.84. The zero-order valence-corrected chi connectivity index (χ0v) is 9.93. The number of amides is 1. The first-order chi connectivity index (χ1) is 8.29. The van der Waals surface area contributed by atoms with Crippen LogP contribution >= 0.6 is 0 Å². The number of nitrogens with zero attached hydrogens (tertiary/aromatic N) is 2. The number of carbonyl (C=O) groups excluding carboxylic acids is 1. The van der Waals surface area contributed by atoms with Gasteiger partial charge < -0.3 is 10.1 Å². The Morgan fingerprint density at radius 1 is 1.59 bits per heavy atom. The minimum Gasteiger partial charge on any atom is -0.366 e. The van der Waals surface area contributed by atoms with Gasteiger partial charge in [-0.25, -0.2) is 0 Å². The highest BCUT2D eigenvalue weighted by Crippen LogP contribution is 2.09. The van der Waals surface area contributed by atoms with E-state index < -0.39 is 0 Å². The number of pyridine rings is 1. The molecule has 0 saturated carbocycles. The zero-order valence-electron chi connectivity index (χ0n) is 9.93. The Hall–Kier alpha value is -1.46. The van der Waals surface area contributed by atoms with E-state index >= 15 is 0 Å². The molecule has 92 valence electrons. The second-order valence-electron chi connectivity index (χ2n) is 4.06. The highest BCUT2D eigenvalue weighted by atomic mass is 16.5. The van der Waals surface area contributed by atoms with Gasteiger partial charge in [0.25, 0.3) is 0 Å². The maximum Gasteiger partial charge on any atom is 0.250 e. The Bertz CT molecular complexity index is 369. The predicted octanol–water partition coefficient (Wildman–Crippen LogP) is 0.0284. The SMILES string of the molecule is CNC(=O)[C@H]1CN(Cc2ccncc2)CCO1. The van der Waals surface area contributed by atoms with E-state index in [1.807, 2.05) is 12.1 Å². The number of morpholine rings is 1. The van der Waals surface area contributed by atoms with Crippen LogP contribution in [0.3, 0.4) is 0 Å². The fourth-order valence-corrected chi connectivity index (χ4v) is 1.91. The molecule has 1 amide bonds. The molecule has 5 heteroatoms. The minimum atomic E-state index is -0.351. The fraction of sp³-hybridized carbons (Fsp3) is 0.500. The number of ether oxygens (including phenoxy) is 1. The largest absolute Gasteiger partial charge is 0.366 e. The summed E-state index contributed by atoms with van der Waals surface area (Å²) in [6, 6.07) is 3.98. The van der Waals surface area contributed by atoms with Crippen molar-refractivity contribution in [1.29, 1.82) is 0 Å². The summed E-state index contributed by atoms with van der Waals surface area (Å²) in [5.74, 6) is -0.0515. The van der Waals surface area contributed by atoms with Gasteiger partial charge >= 0.3 is 0 Å². The molecule has 1 aromatic rings. The maximum atomic E-state index is 11.5. The molecule has 5 nitrogen and oxygen atoms in total. The Labute approximate surface area is 101 Å². The van der Waals surface area contributed by atoms with Crippen molar-refractivity contribution in [1.82, 2.24) is 15.2 Å². The summed E-state index contributed by atoms with van der Waals surface area (Å²) in [6.45, 7) is 2.93. The van der Waals surface area contributed by atoms with Crippen molar-refractivity contribution in [3.63, 3.8) is 0 Å². The molecule has 1 atom stereocenters. The second kappa shape index (κ2) is 5.75. The number of hydrogen-bond donors (Lipinski definition) is 1. The lowest BCUT2D eigenvalue weighted by Gasteiger charge is -2.31. The summed E-state index contributed by atoms with van der Waals surface area (Å²) in [6.07, 6.45) is 3.22. The first-order valence-corrected chi connectivity index (χ1v) is 5.74. The fourth-order valence-electron chi connectivity index (χ4n) is 1.91. The van der Waals surface area contributed by atoms with Crippen molar-refractivity contribution < 1.29 is 9.53 Å². The van der Waals surface area contributed by atoms with Gasteiger partial charge in [-0.15, -0.1) is 0 Å². The van der Waals surface area contributed by atoms with Crippen molar-refractivity contribution in [3.05, 3.63) is 30.1 Å². The van der Waals surface area contributed by atoms with Gasteiger partial charge in [-0.05, 0) is 17.7 Å². The summed E-state index contributed by atoms with van der Waals surface area (Å²) < 4.78 is 5.43. The molecule has 1 saturated heterocycles. The number of carbonyl (C=O) groups is 1. The van der Waals surface area contributed by atoms with Gasteiger partial charge in [-0.3, -0.25) is 14.7 Å². The van der Waals surface area contributed by atoms with Gasteiger partial charge in [-0.1, -0.05) is 0 Å². The molecule has 0 unspecified atom stereocenters. The summed E-state index contributed by atoms with van der Waals surface area (Å²) in [5.41, 5.74) is 1.21. The topological polar surface area (TPSA) is 54.5 Å². The lowest BCUT2D eigenvalue weighted by atomic mass is 10.2. The quantitative estimate of drug-likeness (QED) is 0.803. The zero-order chi connectivity index (χ0) is 12.1. The molecular weight excluding hydrogens is 218 g/mol. The van der Waals surface area contributed by atoms with Gasteiger partial charge in [-0.2, -0.15) is 0 Å². The van der Waals surface area contributed by atoms with Crippen LogP contribution in [0.25, 0.3) is 0 Å². The first kappa shape index (κ1) is 12.0. The molecule has 1 aliphatic heterocycles. The van der Waals surface area contributed by atoms with Gasteiger partial charge in [0.15, 0.2) is 0 Å². The summed E-state index contributed by atoms with van der Waals surface area (Å²) in [7, 11) is 1.63. The Balaban J connectivity index is 1.92. The number of rotatable bonds is 3. The molecule has 0 bridgehead atoms. The van der Waals surface area contributed by atoms with Crippen LogP contribution in [0.1, 0.15) is 5.56 Å². The Morgan fingerprint density at radius 2 is 2.35 bits per heavy atom. The third kappa shape index (κ3) is 3.25. The smallest absolute Gasteiger partial charge is 0.250 e. The number of aromatic nitrogens is 1. The maximum absolute atomic E-state index is 11.5. The van der Waals surface area contributed by atoms with Gasteiger partial charge in [0.1, 0.15) is 6.10 Å². The van der Waals surface area contributed by atoms with Gasteiger partial charge in [0.05, 0.1) is 6.61 Å². The average molecular weight is 235 g/mol. The third-order valence-electron chi connectivity index (χ3n) is 2.84. The molecule has 1 fully saturated rings. The monoisotopic (exact) mass is 235 g/mol. The molecule has 1 aromatic heterocycles. The lowest BCUT2D eigenvalue weighted by Crippen LogP contribution is -2.48. The van der Waals surface area contributed by atoms with Crippen molar-refractivity contribution >= 4 is 5.91 Å². The van der Waals surface area contributed by atoms with E-state index in [0.717, 1.165) is 13.1 Å². The van der Waals surface area contributed by atoms with Crippen LogP contribution < -0.4 is 5.32 Å². The van der Waals surface area contributed by atoms with Gasteiger partial charge in [0.2, 0.25) is 5.91 Å². The molecule has 0 aliphatic carbocycles. The molecule has 0 aromatic carbocycles. The van der Waals surface area contributed by atoms with Crippen LogP contribution in [-0.4, -0.2) is 48.6 Å². The Morgan fingerprint density at radius 3 is 3.06 bits per heavy atom. The van der Waals surface area contributed by atoms with Crippen molar-refractivity contribution in [2.24, 2.45) is 0 Å². The van der Waals surface area contributed by atoms with Crippen LogP contribution in [0, 0.1) is 0 Å². The summed E-state index contributed by atoms with van der Waals surface area (Å²) in [5, 5.41) is 2.62. The molecule has 2 rings (SSSR count). The average Bonchev–Trinajstić information content (AvgIpc) is 2.39. The standard InChI is InChI=1S/C12H17N3O2/c1-13-12(16)11-9-15(6-7-17-11)8-10-2-4-14-5-3-10/h2-5,11H,6-9H2,1H3,(H,13,16)/t11-/m1/s1. The van der Waals surface area contributed by atoms with E-state index in [2.05, 4.69) is 15.2 Å². The molecule has 0 radical (unpaired) electrons.